The summed E-state index contributed by atoms with van der Waals surface area (Å²) >= 11 is 5.74. The molecule has 0 aliphatic carbocycles. The lowest BCUT2D eigenvalue weighted by molar-refractivity contribution is 1.04. The van der Waals surface area contributed by atoms with Crippen LogP contribution in [-0.4, -0.2) is 15.2 Å². The Morgan fingerprint density at radius 1 is 1.36 bits per heavy atom. The maximum Gasteiger partial charge on any atom is 0.161 e. The van der Waals surface area contributed by atoms with Gasteiger partial charge in [-0.3, -0.25) is 4.98 Å². The van der Waals surface area contributed by atoms with Crippen LogP contribution in [0.3, 0.4) is 0 Å². The van der Waals surface area contributed by atoms with E-state index in [0.717, 1.165) is 10.9 Å². The lowest BCUT2D eigenvalue weighted by atomic mass is 10.3. The summed E-state index contributed by atoms with van der Waals surface area (Å²) in [4.78, 5) is 4.06. The van der Waals surface area contributed by atoms with Crippen molar-refractivity contribution in [2.45, 2.75) is 0 Å². The van der Waals surface area contributed by atoms with Crippen LogP contribution in [0.2, 0.25) is 5.15 Å². The normalized spacial score (nSPS) is 10.3. The van der Waals surface area contributed by atoms with E-state index in [4.69, 9.17) is 11.6 Å². The molecule has 0 bridgehead atoms. The summed E-state index contributed by atoms with van der Waals surface area (Å²) in [7, 11) is 0. The van der Waals surface area contributed by atoms with Gasteiger partial charge in [-0.25, -0.2) is 0 Å². The van der Waals surface area contributed by atoms with Crippen LogP contribution in [0.1, 0.15) is 0 Å². The van der Waals surface area contributed by atoms with Crippen LogP contribution < -0.4 is 0 Å². The van der Waals surface area contributed by atoms with Crippen molar-refractivity contribution in [1.29, 1.82) is 0 Å². The number of hydrogen-bond donors (Lipinski definition) is 0. The zero-order valence-corrected chi connectivity index (χ0v) is 6.28. The highest BCUT2D eigenvalue weighted by Crippen LogP contribution is 2.16. The number of fused-ring (bicyclic) bond motifs is 1. The molecule has 4 heteroatoms. The van der Waals surface area contributed by atoms with Crippen LogP contribution in [0.5, 0.6) is 0 Å². The van der Waals surface area contributed by atoms with Gasteiger partial charge >= 0.3 is 0 Å². The summed E-state index contributed by atoms with van der Waals surface area (Å²) in [6, 6.07) is 3.68. The van der Waals surface area contributed by atoms with E-state index in [1.807, 2.05) is 12.1 Å². The van der Waals surface area contributed by atoms with Gasteiger partial charge in [-0.15, -0.1) is 5.10 Å². The van der Waals surface area contributed by atoms with E-state index in [9.17, 15) is 0 Å². The SMILES string of the molecule is Clc1nncc2ncccc12. The molecule has 0 aliphatic heterocycles. The van der Waals surface area contributed by atoms with Crippen LogP contribution in [0.4, 0.5) is 0 Å². The van der Waals surface area contributed by atoms with Gasteiger partial charge in [0.15, 0.2) is 5.15 Å². The molecule has 54 valence electrons. The number of aromatic nitrogens is 3. The highest BCUT2D eigenvalue weighted by molar-refractivity contribution is 6.33. The summed E-state index contributed by atoms with van der Waals surface area (Å²) in [5.74, 6) is 0. The monoisotopic (exact) mass is 165 g/mol. The first-order chi connectivity index (χ1) is 5.38. The number of halogens is 1. The lowest BCUT2D eigenvalue weighted by Gasteiger charge is -1.94. The molecule has 11 heavy (non-hydrogen) atoms. The highest BCUT2D eigenvalue weighted by atomic mass is 35.5. The fraction of sp³-hybridized carbons (Fsp3) is 0. The van der Waals surface area contributed by atoms with E-state index in [1.54, 1.807) is 12.4 Å². The molecule has 0 radical (unpaired) electrons. The van der Waals surface area contributed by atoms with Crippen molar-refractivity contribution in [1.82, 2.24) is 15.2 Å². The average Bonchev–Trinajstić information content (AvgIpc) is 2.06. The van der Waals surface area contributed by atoms with Crippen molar-refractivity contribution in [3.63, 3.8) is 0 Å². The van der Waals surface area contributed by atoms with Gasteiger partial charge in [-0.1, -0.05) is 11.6 Å². The topological polar surface area (TPSA) is 38.7 Å². The first-order valence-electron chi connectivity index (χ1n) is 3.10. The Hall–Kier alpha value is -1.22. The van der Waals surface area contributed by atoms with Gasteiger partial charge in [0.05, 0.1) is 11.7 Å². The zero-order chi connectivity index (χ0) is 7.68. The molecule has 0 N–H and O–H groups in total. The van der Waals surface area contributed by atoms with Crippen molar-refractivity contribution >= 4 is 22.5 Å². The summed E-state index contributed by atoms with van der Waals surface area (Å²) in [6.07, 6.45) is 3.28. The molecule has 0 saturated heterocycles. The van der Waals surface area contributed by atoms with Gasteiger partial charge in [0.1, 0.15) is 0 Å². The maximum atomic E-state index is 5.74. The molecule has 0 fully saturated rings. The number of hydrogen-bond acceptors (Lipinski definition) is 3. The Morgan fingerprint density at radius 3 is 3.09 bits per heavy atom. The minimum Gasteiger partial charge on any atom is -0.254 e. The Bertz CT molecular complexity index is 383. The molecule has 0 amide bonds. The maximum absolute atomic E-state index is 5.74. The molecule has 0 aromatic carbocycles. The molecule has 0 atom stereocenters. The second-order valence-corrected chi connectivity index (χ2v) is 2.43. The van der Waals surface area contributed by atoms with E-state index in [2.05, 4.69) is 15.2 Å². The van der Waals surface area contributed by atoms with Gasteiger partial charge < -0.3 is 0 Å². The molecule has 2 aromatic rings. The third-order valence-electron chi connectivity index (χ3n) is 1.39. The minimum absolute atomic E-state index is 0.399. The molecular weight excluding hydrogens is 162 g/mol. The van der Waals surface area contributed by atoms with Crippen molar-refractivity contribution in [3.8, 4) is 0 Å². The van der Waals surface area contributed by atoms with Crippen molar-refractivity contribution < 1.29 is 0 Å². The van der Waals surface area contributed by atoms with Crippen LogP contribution in [0.25, 0.3) is 10.9 Å². The molecule has 3 nitrogen and oxygen atoms in total. The first-order valence-corrected chi connectivity index (χ1v) is 3.47. The van der Waals surface area contributed by atoms with Crippen LogP contribution in [0.15, 0.2) is 24.5 Å². The largest absolute Gasteiger partial charge is 0.254 e. The van der Waals surface area contributed by atoms with Crippen molar-refractivity contribution in [3.05, 3.63) is 29.7 Å². The molecule has 2 heterocycles. The van der Waals surface area contributed by atoms with Crippen LogP contribution >= 0.6 is 11.6 Å². The zero-order valence-electron chi connectivity index (χ0n) is 5.53. The Kier molecular flexibility index (Phi) is 1.43. The highest BCUT2D eigenvalue weighted by Gasteiger charge is 1.98. The van der Waals surface area contributed by atoms with E-state index < -0.39 is 0 Å². The van der Waals surface area contributed by atoms with Gasteiger partial charge in [-0.2, -0.15) is 5.10 Å². The standard InChI is InChI=1S/C7H4ClN3/c8-7-5-2-1-3-9-6(5)4-10-11-7/h1-4H. The Balaban J connectivity index is 2.91. The van der Waals surface area contributed by atoms with Crippen LogP contribution in [0, 0.1) is 0 Å². The molecule has 0 unspecified atom stereocenters. The van der Waals surface area contributed by atoms with Crippen molar-refractivity contribution in [2.24, 2.45) is 0 Å². The Labute approximate surface area is 68.0 Å². The smallest absolute Gasteiger partial charge is 0.161 e. The number of rotatable bonds is 0. The molecule has 0 aliphatic rings. The summed E-state index contributed by atoms with van der Waals surface area (Å²) < 4.78 is 0. The molecule has 0 spiro atoms. The second kappa shape index (κ2) is 2.43. The average molecular weight is 166 g/mol. The first kappa shape index (κ1) is 6.49. The summed E-state index contributed by atoms with van der Waals surface area (Å²) in [6.45, 7) is 0. The van der Waals surface area contributed by atoms with Crippen molar-refractivity contribution in [2.75, 3.05) is 0 Å². The fourth-order valence-corrected chi connectivity index (χ4v) is 1.09. The second-order valence-electron chi connectivity index (χ2n) is 2.07. The summed E-state index contributed by atoms with van der Waals surface area (Å²) in [5.41, 5.74) is 0.771. The van der Waals surface area contributed by atoms with Crippen LogP contribution in [-0.2, 0) is 0 Å². The summed E-state index contributed by atoms with van der Waals surface area (Å²) in [5, 5.41) is 8.59. The quantitative estimate of drug-likeness (QED) is 0.596. The fourth-order valence-electron chi connectivity index (χ4n) is 0.883. The van der Waals surface area contributed by atoms with Gasteiger partial charge in [0.25, 0.3) is 0 Å². The minimum atomic E-state index is 0.399. The molecule has 0 saturated carbocycles. The Morgan fingerprint density at radius 2 is 2.27 bits per heavy atom. The molecule has 2 rings (SSSR count). The van der Waals surface area contributed by atoms with E-state index >= 15 is 0 Å². The van der Waals surface area contributed by atoms with E-state index in [-0.39, 0.29) is 0 Å². The lowest BCUT2D eigenvalue weighted by Crippen LogP contribution is -1.84. The number of pyridine rings is 1. The van der Waals surface area contributed by atoms with E-state index in [1.165, 1.54) is 0 Å². The molecular formula is C7H4ClN3. The third-order valence-corrected chi connectivity index (χ3v) is 1.67. The van der Waals surface area contributed by atoms with E-state index in [0.29, 0.717) is 5.15 Å². The third kappa shape index (κ3) is 1.03. The molecule has 2 aromatic heterocycles. The number of nitrogens with zero attached hydrogens (tertiary/aromatic N) is 3. The van der Waals surface area contributed by atoms with Gasteiger partial charge in [-0.05, 0) is 12.1 Å². The van der Waals surface area contributed by atoms with Gasteiger partial charge in [0, 0.05) is 11.6 Å². The predicted octanol–water partition coefficient (Wildman–Crippen LogP) is 1.68. The predicted molar refractivity (Wildman–Crippen MR) is 42.3 cm³/mol. The van der Waals surface area contributed by atoms with Gasteiger partial charge in [0.2, 0.25) is 0 Å².